The molecule has 0 aliphatic heterocycles. The Morgan fingerprint density at radius 1 is 0.833 bits per heavy atom. The van der Waals surface area contributed by atoms with E-state index >= 15 is 0 Å². The first kappa shape index (κ1) is 28.0. The fraction of sp³-hybridized carbons (Fsp3) is 0.519. The van der Waals surface area contributed by atoms with Crippen LogP contribution in [0.5, 0.6) is 5.75 Å². The van der Waals surface area contributed by atoms with Gasteiger partial charge in [0.15, 0.2) is 0 Å². The summed E-state index contributed by atoms with van der Waals surface area (Å²) in [6.45, 7) is 4.48. The average molecular weight is 519 g/mol. The van der Waals surface area contributed by atoms with Gasteiger partial charge in [-0.2, -0.15) is 30.7 Å². The fourth-order valence-corrected chi connectivity index (χ4v) is 4.49. The van der Waals surface area contributed by atoms with Crippen LogP contribution in [0.2, 0.25) is 0 Å². The van der Waals surface area contributed by atoms with Crippen LogP contribution < -0.4 is 4.74 Å². The topological polar surface area (TPSA) is 26.3 Å². The van der Waals surface area contributed by atoms with E-state index in [-0.39, 0.29) is 0 Å². The minimum absolute atomic E-state index is 0.493. The number of benzene rings is 2. The van der Waals surface area contributed by atoms with Crippen molar-refractivity contribution in [2.24, 2.45) is 11.8 Å². The van der Waals surface area contributed by atoms with Crippen LogP contribution in [0.15, 0.2) is 48.5 Å². The van der Waals surface area contributed by atoms with Crippen molar-refractivity contribution in [3.05, 3.63) is 54.1 Å². The van der Waals surface area contributed by atoms with Gasteiger partial charge < -0.3 is 4.74 Å². The average Bonchev–Trinajstić information content (AvgIpc) is 2.83. The molecule has 0 N–H and O–H groups in total. The number of halogens is 7. The van der Waals surface area contributed by atoms with Gasteiger partial charge in [-0.25, -0.2) is 4.79 Å². The first-order chi connectivity index (χ1) is 16.7. The molecule has 0 saturated heterocycles. The predicted molar refractivity (Wildman–Crippen MR) is 122 cm³/mol. The SMILES string of the molecule is CC(C)CCC1CCC(c2ccc(-c3ccc(OC(=O)C(F)(F)C(F)(F)C(F)(F)F)cc3)cc2)CC1. The molecule has 198 valence electrons. The van der Waals surface area contributed by atoms with E-state index in [2.05, 4.69) is 18.6 Å². The van der Waals surface area contributed by atoms with Gasteiger partial charge in [0, 0.05) is 0 Å². The molecule has 1 aliphatic carbocycles. The van der Waals surface area contributed by atoms with E-state index in [4.69, 9.17) is 0 Å². The van der Waals surface area contributed by atoms with Crippen molar-refractivity contribution in [1.29, 1.82) is 0 Å². The minimum atomic E-state index is -6.61. The van der Waals surface area contributed by atoms with Gasteiger partial charge >= 0.3 is 24.0 Å². The van der Waals surface area contributed by atoms with Crippen LogP contribution in [0.4, 0.5) is 30.7 Å². The largest absolute Gasteiger partial charge is 0.460 e. The number of carbonyl (C=O) groups is 1. The molecular weight excluding hydrogens is 489 g/mol. The molecule has 0 atom stereocenters. The molecule has 0 heterocycles. The number of rotatable bonds is 8. The maximum absolute atomic E-state index is 13.5. The maximum Gasteiger partial charge on any atom is 0.460 e. The molecule has 1 aliphatic rings. The van der Waals surface area contributed by atoms with E-state index in [1.165, 1.54) is 43.4 Å². The molecule has 0 aromatic heterocycles. The first-order valence-electron chi connectivity index (χ1n) is 12.0. The van der Waals surface area contributed by atoms with Gasteiger partial charge in [-0.1, -0.05) is 63.1 Å². The summed E-state index contributed by atoms with van der Waals surface area (Å²) in [6, 6.07) is 12.8. The molecule has 0 unspecified atom stereocenters. The van der Waals surface area contributed by atoms with Gasteiger partial charge in [-0.05, 0) is 72.3 Å². The van der Waals surface area contributed by atoms with E-state index in [1.807, 2.05) is 24.3 Å². The van der Waals surface area contributed by atoms with Gasteiger partial charge in [0.2, 0.25) is 0 Å². The van der Waals surface area contributed by atoms with E-state index in [0.29, 0.717) is 11.5 Å². The Labute approximate surface area is 205 Å². The van der Waals surface area contributed by atoms with Gasteiger partial charge in [0.25, 0.3) is 0 Å². The molecular formula is C27H29F7O2. The number of hydrogen-bond donors (Lipinski definition) is 0. The van der Waals surface area contributed by atoms with Gasteiger partial charge in [-0.3, -0.25) is 0 Å². The highest BCUT2D eigenvalue weighted by molar-refractivity contribution is 5.81. The van der Waals surface area contributed by atoms with E-state index in [1.54, 1.807) is 0 Å². The lowest BCUT2D eigenvalue weighted by atomic mass is 9.76. The molecule has 0 amide bonds. The summed E-state index contributed by atoms with van der Waals surface area (Å²) >= 11 is 0. The zero-order valence-corrected chi connectivity index (χ0v) is 20.1. The molecule has 2 aromatic rings. The Morgan fingerprint density at radius 2 is 1.33 bits per heavy atom. The van der Waals surface area contributed by atoms with Crippen LogP contribution in [-0.4, -0.2) is 24.0 Å². The van der Waals surface area contributed by atoms with Gasteiger partial charge in [0.1, 0.15) is 5.75 Å². The summed E-state index contributed by atoms with van der Waals surface area (Å²) < 4.78 is 93.8. The van der Waals surface area contributed by atoms with E-state index < -0.39 is 29.7 Å². The van der Waals surface area contributed by atoms with Crippen molar-refractivity contribution >= 4 is 5.97 Å². The van der Waals surface area contributed by atoms with Crippen molar-refractivity contribution < 1.29 is 40.3 Å². The number of esters is 1. The van der Waals surface area contributed by atoms with Crippen molar-refractivity contribution in [2.45, 2.75) is 76.3 Å². The molecule has 0 bridgehead atoms. The zero-order chi connectivity index (χ0) is 26.7. The molecule has 2 aromatic carbocycles. The van der Waals surface area contributed by atoms with Crippen LogP contribution in [-0.2, 0) is 4.79 Å². The number of ether oxygens (including phenoxy) is 1. The highest BCUT2D eigenvalue weighted by atomic mass is 19.4. The van der Waals surface area contributed by atoms with E-state index in [0.717, 1.165) is 42.4 Å². The van der Waals surface area contributed by atoms with Crippen LogP contribution >= 0.6 is 0 Å². The second-order valence-corrected chi connectivity index (χ2v) is 9.87. The first-order valence-corrected chi connectivity index (χ1v) is 12.0. The van der Waals surface area contributed by atoms with Crippen LogP contribution in [0.25, 0.3) is 11.1 Å². The Bertz CT molecular complexity index is 1000. The third-order valence-electron chi connectivity index (χ3n) is 6.79. The Morgan fingerprint density at radius 3 is 1.81 bits per heavy atom. The second-order valence-electron chi connectivity index (χ2n) is 9.87. The minimum Gasteiger partial charge on any atom is -0.422 e. The lowest BCUT2D eigenvalue weighted by Crippen LogP contribution is -2.57. The Kier molecular flexibility index (Phi) is 8.41. The number of hydrogen-bond acceptors (Lipinski definition) is 2. The summed E-state index contributed by atoms with van der Waals surface area (Å²) in [7, 11) is 0. The lowest BCUT2D eigenvalue weighted by Gasteiger charge is -2.29. The summed E-state index contributed by atoms with van der Waals surface area (Å²) in [5.74, 6) is -14.2. The van der Waals surface area contributed by atoms with Gasteiger partial charge in [0.05, 0.1) is 0 Å². The Hall–Kier alpha value is -2.58. The predicted octanol–water partition coefficient (Wildman–Crippen LogP) is 8.80. The molecule has 3 rings (SSSR count). The van der Waals surface area contributed by atoms with Crippen molar-refractivity contribution in [3.8, 4) is 16.9 Å². The molecule has 2 nitrogen and oxygen atoms in total. The van der Waals surface area contributed by atoms with Crippen molar-refractivity contribution in [3.63, 3.8) is 0 Å². The van der Waals surface area contributed by atoms with Crippen LogP contribution in [0.3, 0.4) is 0 Å². The summed E-state index contributed by atoms with van der Waals surface area (Å²) in [5, 5.41) is 0. The van der Waals surface area contributed by atoms with Crippen molar-refractivity contribution in [2.75, 3.05) is 0 Å². The van der Waals surface area contributed by atoms with Crippen molar-refractivity contribution in [1.82, 2.24) is 0 Å². The summed E-state index contributed by atoms with van der Waals surface area (Å²) in [5.41, 5.74) is 2.65. The van der Waals surface area contributed by atoms with Crippen LogP contribution in [0, 0.1) is 11.8 Å². The third kappa shape index (κ3) is 6.21. The molecule has 9 heteroatoms. The summed E-state index contributed by atoms with van der Waals surface area (Å²) in [6.07, 6.45) is 0.626. The molecule has 0 radical (unpaired) electrons. The highest BCUT2D eigenvalue weighted by Gasteiger charge is 2.77. The third-order valence-corrected chi connectivity index (χ3v) is 6.79. The maximum atomic E-state index is 13.5. The highest BCUT2D eigenvalue weighted by Crippen LogP contribution is 2.47. The van der Waals surface area contributed by atoms with E-state index in [9.17, 15) is 35.5 Å². The van der Waals surface area contributed by atoms with Gasteiger partial charge in [-0.15, -0.1) is 0 Å². The monoisotopic (exact) mass is 518 g/mol. The summed E-state index contributed by atoms with van der Waals surface area (Å²) in [4.78, 5) is 11.4. The number of alkyl halides is 7. The second kappa shape index (κ2) is 10.8. The number of carbonyl (C=O) groups excluding carboxylic acids is 1. The zero-order valence-electron chi connectivity index (χ0n) is 20.1. The standard InChI is InChI=1S/C27H29F7O2/c1-17(2)3-4-18-5-7-19(8-6-18)20-9-11-21(12-10-20)22-13-15-23(16-14-22)36-24(35)25(28,29)26(30,31)27(32,33)34/h9-19H,3-8H2,1-2H3. The molecule has 1 fully saturated rings. The quantitative estimate of drug-likeness (QED) is 0.198. The fourth-order valence-electron chi connectivity index (χ4n) is 4.49. The molecule has 36 heavy (non-hydrogen) atoms. The normalized spacial score (nSPS) is 19.4. The lowest BCUT2D eigenvalue weighted by molar-refractivity contribution is -0.346. The Balaban J connectivity index is 1.60. The molecule has 1 saturated carbocycles. The molecule has 0 spiro atoms. The smallest absolute Gasteiger partial charge is 0.422 e. The van der Waals surface area contributed by atoms with Crippen LogP contribution in [0.1, 0.15) is 63.9 Å².